The predicted octanol–water partition coefficient (Wildman–Crippen LogP) is 4.20. The Labute approximate surface area is 213 Å². The topological polar surface area (TPSA) is 86.8 Å². The first-order valence-corrected chi connectivity index (χ1v) is 13.6. The van der Waals surface area contributed by atoms with Gasteiger partial charge in [-0.1, -0.05) is 53.5 Å². The zero-order valence-electron chi connectivity index (χ0n) is 19.4. The number of hydrogen-bond donors (Lipinski definition) is 1. The third-order valence-electron chi connectivity index (χ3n) is 4.99. The highest BCUT2D eigenvalue weighted by atomic mass is 79.9. The van der Waals surface area contributed by atoms with Gasteiger partial charge in [-0.15, -0.1) is 0 Å². The van der Waals surface area contributed by atoms with Crippen LogP contribution in [0.1, 0.15) is 26.3 Å². The van der Waals surface area contributed by atoms with Crippen molar-refractivity contribution >= 4 is 55.1 Å². The lowest BCUT2D eigenvalue weighted by molar-refractivity contribution is -0.139. The summed E-state index contributed by atoms with van der Waals surface area (Å²) in [5.74, 6) is -1.44. The molecule has 0 heterocycles. The van der Waals surface area contributed by atoms with Crippen molar-refractivity contribution in [2.75, 3.05) is 23.7 Å². The molecule has 0 radical (unpaired) electrons. The fraction of sp³-hybridized carbons (Fsp3) is 0.391. The number of halogens is 3. The van der Waals surface area contributed by atoms with E-state index in [9.17, 15) is 22.4 Å². The minimum absolute atomic E-state index is 0.0442. The fourth-order valence-corrected chi connectivity index (χ4v) is 4.36. The monoisotopic (exact) mass is 575 g/mol. The molecule has 186 valence electrons. The predicted molar refractivity (Wildman–Crippen MR) is 136 cm³/mol. The van der Waals surface area contributed by atoms with Crippen LogP contribution in [-0.2, 0) is 26.2 Å². The molecule has 0 saturated heterocycles. The Bertz CT molecular complexity index is 1130. The molecular weight excluding hydrogens is 549 g/mol. The van der Waals surface area contributed by atoms with Crippen LogP contribution in [-0.4, -0.2) is 50.5 Å². The van der Waals surface area contributed by atoms with Crippen LogP contribution in [0.3, 0.4) is 0 Å². The number of nitrogens with zero attached hydrogens (tertiary/aromatic N) is 2. The van der Waals surface area contributed by atoms with Gasteiger partial charge < -0.3 is 10.2 Å². The fourth-order valence-electron chi connectivity index (χ4n) is 3.08. The summed E-state index contributed by atoms with van der Waals surface area (Å²) in [7, 11) is -3.92. The van der Waals surface area contributed by atoms with Gasteiger partial charge in [-0.3, -0.25) is 13.9 Å². The van der Waals surface area contributed by atoms with Gasteiger partial charge in [0, 0.05) is 17.6 Å². The Hall–Kier alpha value is -2.17. The number of benzene rings is 2. The summed E-state index contributed by atoms with van der Waals surface area (Å²) in [4.78, 5) is 27.5. The van der Waals surface area contributed by atoms with Gasteiger partial charge >= 0.3 is 0 Å². The van der Waals surface area contributed by atoms with Crippen molar-refractivity contribution in [2.24, 2.45) is 5.92 Å². The van der Waals surface area contributed by atoms with Gasteiger partial charge in [0.15, 0.2) is 0 Å². The molecule has 0 aromatic heterocycles. The number of carbonyl (C=O) groups is 2. The van der Waals surface area contributed by atoms with Crippen molar-refractivity contribution in [1.29, 1.82) is 0 Å². The van der Waals surface area contributed by atoms with Crippen molar-refractivity contribution in [3.63, 3.8) is 0 Å². The molecule has 0 aliphatic carbocycles. The van der Waals surface area contributed by atoms with Crippen LogP contribution in [0.5, 0.6) is 0 Å². The Kier molecular flexibility index (Phi) is 9.90. The molecule has 34 heavy (non-hydrogen) atoms. The highest BCUT2D eigenvalue weighted by Gasteiger charge is 2.30. The van der Waals surface area contributed by atoms with E-state index in [4.69, 9.17) is 11.6 Å². The van der Waals surface area contributed by atoms with Gasteiger partial charge in [0.25, 0.3) is 0 Å². The zero-order chi connectivity index (χ0) is 25.6. The molecule has 0 unspecified atom stereocenters. The summed E-state index contributed by atoms with van der Waals surface area (Å²) in [6.45, 7) is 5.43. The second kappa shape index (κ2) is 12.0. The van der Waals surface area contributed by atoms with Crippen LogP contribution < -0.4 is 9.62 Å². The smallest absolute Gasteiger partial charge is 0.244 e. The van der Waals surface area contributed by atoms with Crippen molar-refractivity contribution in [2.45, 2.75) is 33.4 Å². The van der Waals surface area contributed by atoms with Crippen LogP contribution in [0.2, 0.25) is 5.02 Å². The Morgan fingerprint density at radius 3 is 2.26 bits per heavy atom. The summed E-state index contributed by atoms with van der Waals surface area (Å²) in [5.41, 5.74) is 0.804. The standard InChI is InChI=1S/C23H28BrClFN3O4S/c1-15(2)12-27-23(31)16(3)28(13-17-5-7-18(24)8-6-17)22(30)14-29(34(4,32)33)19-9-10-21(26)20(25)11-19/h5-11,15-16H,12-14H2,1-4H3,(H,27,31)/t16-/m1/s1. The first-order chi connectivity index (χ1) is 15.8. The number of amides is 2. The summed E-state index contributed by atoms with van der Waals surface area (Å²) < 4.78 is 40.3. The molecule has 2 rings (SSSR count). The van der Waals surface area contributed by atoms with Crippen LogP contribution in [0.25, 0.3) is 0 Å². The molecule has 0 saturated carbocycles. The van der Waals surface area contributed by atoms with E-state index in [0.717, 1.165) is 32.7 Å². The maximum atomic E-state index is 13.6. The minimum Gasteiger partial charge on any atom is -0.354 e. The first-order valence-electron chi connectivity index (χ1n) is 10.5. The molecule has 0 bridgehead atoms. The SMILES string of the molecule is CC(C)CNC(=O)[C@@H](C)N(Cc1ccc(Br)cc1)C(=O)CN(c1ccc(F)c(Cl)c1)S(C)(=O)=O. The summed E-state index contributed by atoms with van der Waals surface area (Å²) in [6.07, 6.45) is 0.940. The molecule has 0 aliphatic rings. The van der Waals surface area contributed by atoms with Crippen molar-refractivity contribution < 1.29 is 22.4 Å². The van der Waals surface area contributed by atoms with E-state index >= 15 is 0 Å². The number of nitrogens with one attached hydrogen (secondary N) is 1. The van der Waals surface area contributed by atoms with Crippen LogP contribution in [0.4, 0.5) is 10.1 Å². The molecule has 2 aromatic carbocycles. The van der Waals surface area contributed by atoms with Crippen molar-refractivity contribution in [1.82, 2.24) is 10.2 Å². The van der Waals surface area contributed by atoms with E-state index in [2.05, 4.69) is 21.2 Å². The van der Waals surface area contributed by atoms with E-state index in [0.29, 0.717) is 6.54 Å². The van der Waals surface area contributed by atoms with Crippen molar-refractivity contribution in [3.05, 3.63) is 63.3 Å². The largest absolute Gasteiger partial charge is 0.354 e. The second-order valence-corrected chi connectivity index (χ2v) is 11.6. The van der Waals surface area contributed by atoms with Gasteiger partial charge in [-0.2, -0.15) is 0 Å². The minimum atomic E-state index is -3.92. The number of carbonyl (C=O) groups excluding carboxylic acids is 2. The lowest BCUT2D eigenvalue weighted by Gasteiger charge is -2.31. The second-order valence-electron chi connectivity index (χ2n) is 8.33. The maximum Gasteiger partial charge on any atom is 0.244 e. The Morgan fingerprint density at radius 1 is 1.12 bits per heavy atom. The van der Waals surface area contributed by atoms with E-state index in [1.54, 1.807) is 19.1 Å². The number of hydrogen-bond acceptors (Lipinski definition) is 4. The lowest BCUT2D eigenvalue weighted by atomic mass is 10.1. The average molecular weight is 577 g/mol. The quantitative estimate of drug-likeness (QED) is 0.459. The molecule has 2 amide bonds. The van der Waals surface area contributed by atoms with Gasteiger partial charge in [0.1, 0.15) is 18.4 Å². The zero-order valence-corrected chi connectivity index (χ0v) is 22.5. The van der Waals surface area contributed by atoms with E-state index in [-0.39, 0.29) is 29.1 Å². The highest BCUT2D eigenvalue weighted by molar-refractivity contribution is 9.10. The van der Waals surface area contributed by atoms with Gasteiger partial charge in [0.05, 0.1) is 17.0 Å². The first kappa shape index (κ1) is 28.1. The molecule has 0 spiro atoms. The normalized spacial score (nSPS) is 12.4. The molecular formula is C23H28BrClFN3O4S. The van der Waals surface area contributed by atoms with Crippen LogP contribution in [0.15, 0.2) is 46.9 Å². The lowest BCUT2D eigenvalue weighted by Crippen LogP contribution is -2.51. The molecule has 11 heteroatoms. The Balaban J connectivity index is 2.37. The molecule has 1 atom stereocenters. The molecule has 7 nitrogen and oxygen atoms in total. The van der Waals surface area contributed by atoms with Gasteiger partial charge in [-0.25, -0.2) is 12.8 Å². The van der Waals surface area contributed by atoms with Crippen LogP contribution in [0, 0.1) is 11.7 Å². The number of rotatable bonds is 10. The molecule has 1 N–H and O–H groups in total. The van der Waals surface area contributed by atoms with Crippen molar-refractivity contribution in [3.8, 4) is 0 Å². The molecule has 0 aliphatic heterocycles. The van der Waals surface area contributed by atoms with E-state index < -0.39 is 34.3 Å². The summed E-state index contributed by atoms with van der Waals surface area (Å²) in [6, 6.07) is 9.76. The average Bonchev–Trinajstić information content (AvgIpc) is 2.76. The highest BCUT2D eigenvalue weighted by Crippen LogP contribution is 2.25. The Morgan fingerprint density at radius 2 is 1.74 bits per heavy atom. The molecule has 0 fully saturated rings. The van der Waals surface area contributed by atoms with E-state index in [1.807, 2.05) is 26.0 Å². The maximum absolute atomic E-state index is 13.6. The third-order valence-corrected chi connectivity index (χ3v) is 6.95. The third kappa shape index (κ3) is 7.95. The summed E-state index contributed by atoms with van der Waals surface area (Å²) in [5, 5.41) is 2.54. The summed E-state index contributed by atoms with van der Waals surface area (Å²) >= 11 is 9.19. The van der Waals surface area contributed by atoms with Gasteiger partial charge in [-0.05, 0) is 48.7 Å². The van der Waals surface area contributed by atoms with E-state index in [1.165, 1.54) is 11.0 Å². The number of anilines is 1. The van der Waals surface area contributed by atoms with Crippen LogP contribution >= 0.6 is 27.5 Å². The van der Waals surface area contributed by atoms with Gasteiger partial charge in [0.2, 0.25) is 21.8 Å². The molecule has 2 aromatic rings. The number of sulfonamides is 1.